The second kappa shape index (κ2) is 9.57. The van der Waals surface area contributed by atoms with E-state index >= 15 is 0 Å². The highest BCUT2D eigenvalue weighted by Crippen LogP contribution is 2.18. The molecule has 1 aliphatic rings. The number of nitrogens with one attached hydrogen (secondary N) is 2. The Labute approximate surface area is 185 Å². The van der Waals surface area contributed by atoms with Crippen LogP contribution in [-0.2, 0) is 20.7 Å². The van der Waals surface area contributed by atoms with Crippen molar-refractivity contribution in [3.63, 3.8) is 0 Å². The van der Waals surface area contributed by atoms with E-state index in [9.17, 15) is 14.4 Å². The lowest BCUT2D eigenvalue weighted by Gasteiger charge is -2.22. The van der Waals surface area contributed by atoms with Crippen LogP contribution >= 0.6 is 0 Å². The molecule has 1 saturated heterocycles. The van der Waals surface area contributed by atoms with Crippen molar-refractivity contribution in [2.45, 2.75) is 31.0 Å². The summed E-state index contributed by atoms with van der Waals surface area (Å²) in [6.45, 7) is 0.547. The molecule has 3 aromatic rings. The molecule has 8 nitrogen and oxygen atoms in total. The Morgan fingerprint density at radius 3 is 2.44 bits per heavy atom. The summed E-state index contributed by atoms with van der Waals surface area (Å²) in [5, 5.41) is 6.41. The van der Waals surface area contributed by atoms with Gasteiger partial charge < -0.3 is 21.1 Å². The van der Waals surface area contributed by atoms with E-state index in [4.69, 9.17) is 10.5 Å². The Kier molecular flexibility index (Phi) is 6.42. The highest BCUT2D eigenvalue weighted by Gasteiger charge is 2.36. The standard InChI is InChI=1S/C24H24N4O4/c25-22(29)13-20(28-23(30)18-11-10-16-8-4-5-9-17(16)26-18)24(31)27-19(21-14-32-21)12-15-6-2-1-3-7-15/h1-11,19-21H,12-14H2,(H2,25,29)(H,27,31)(H,28,30)/t19?,20-,21-/m0/s1. The van der Waals surface area contributed by atoms with E-state index < -0.39 is 23.8 Å². The van der Waals surface area contributed by atoms with Gasteiger partial charge in [0.25, 0.3) is 5.91 Å². The molecule has 164 valence electrons. The van der Waals surface area contributed by atoms with Gasteiger partial charge in [0.2, 0.25) is 11.8 Å². The fourth-order valence-corrected chi connectivity index (χ4v) is 3.55. The summed E-state index contributed by atoms with van der Waals surface area (Å²) in [7, 11) is 0. The molecule has 0 saturated carbocycles. The quantitative estimate of drug-likeness (QED) is 0.440. The number of rotatable bonds is 9. The third-order valence-corrected chi connectivity index (χ3v) is 5.29. The van der Waals surface area contributed by atoms with Gasteiger partial charge in [0, 0.05) is 5.39 Å². The number of amides is 3. The minimum absolute atomic E-state index is 0.105. The molecule has 3 amide bonds. The van der Waals surface area contributed by atoms with Crippen molar-refractivity contribution in [2.24, 2.45) is 5.73 Å². The lowest BCUT2D eigenvalue weighted by molar-refractivity contribution is -0.127. The summed E-state index contributed by atoms with van der Waals surface area (Å²) in [6, 6.07) is 19.1. The predicted octanol–water partition coefficient (Wildman–Crippen LogP) is 1.33. The van der Waals surface area contributed by atoms with Crippen LogP contribution in [0.15, 0.2) is 66.7 Å². The highest BCUT2D eigenvalue weighted by atomic mass is 16.6. The average molecular weight is 432 g/mol. The first-order chi connectivity index (χ1) is 15.5. The van der Waals surface area contributed by atoms with Gasteiger partial charge in [0.1, 0.15) is 17.8 Å². The van der Waals surface area contributed by atoms with Crippen LogP contribution in [0.2, 0.25) is 0 Å². The van der Waals surface area contributed by atoms with Crippen LogP contribution in [0.5, 0.6) is 0 Å². The maximum absolute atomic E-state index is 13.0. The molecule has 32 heavy (non-hydrogen) atoms. The van der Waals surface area contributed by atoms with Gasteiger partial charge in [0.05, 0.1) is 24.6 Å². The molecular formula is C24H24N4O4. The first-order valence-electron chi connectivity index (χ1n) is 10.4. The van der Waals surface area contributed by atoms with Crippen molar-refractivity contribution in [3.8, 4) is 0 Å². The van der Waals surface area contributed by atoms with Crippen LogP contribution in [0, 0.1) is 0 Å². The lowest BCUT2D eigenvalue weighted by Crippen LogP contribution is -2.52. The van der Waals surface area contributed by atoms with Gasteiger partial charge in [-0.15, -0.1) is 0 Å². The molecule has 2 heterocycles. The predicted molar refractivity (Wildman–Crippen MR) is 119 cm³/mol. The van der Waals surface area contributed by atoms with Crippen molar-refractivity contribution in [1.82, 2.24) is 15.6 Å². The number of hydrogen-bond acceptors (Lipinski definition) is 5. The number of para-hydroxylation sites is 1. The third-order valence-electron chi connectivity index (χ3n) is 5.29. The van der Waals surface area contributed by atoms with E-state index in [0.717, 1.165) is 10.9 Å². The van der Waals surface area contributed by atoms with Gasteiger partial charge in [-0.3, -0.25) is 14.4 Å². The summed E-state index contributed by atoms with van der Waals surface area (Å²) in [5.74, 6) is -1.74. The first-order valence-corrected chi connectivity index (χ1v) is 10.4. The van der Waals surface area contributed by atoms with Crippen molar-refractivity contribution < 1.29 is 19.1 Å². The molecule has 3 atom stereocenters. The van der Waals surface area contributed by atoms with Crippen LogP contribution in [0.25, 0.3) is 10.9 Å². The molecule has 4 N–H and O–H groups in total. The zero-order valence-electron chi connectivity index (χ0n) is 17.4. The van der Waals surface area contributed by atoms with Crippen molar-refractivity contribution in [2.75, 3.05) is 6.61 Å². The fourth-order valence-electron chi connectivity index (χ4n) is 3.55. The molecular weight excluding hydrogens is 408 g/mol. The van der Waals surface area contributed by atoms with E-state index in [0.29, 0.717) is 18.5 Å². The Balaban J connectivity index is 1.47. The second-order valence-corrected chi connectivity index (χ2v) is 7.76. The second-order valence-electron chi connectivity index (χ2n) is 7.76. The molecule has 1 fully saturated rings. The van der Waals surface area contributed by atoms with Crippen LogP contribution in [0.3, 0.4) is 0 Å². The minimum atomic E-state index is -1.12. The van der Waals surface area contributed by atoms with Gasteiger partial charge >= 0.3 is 0 Å². The average Bonchev–Trinajstić information content (AvgIpc) is 3.63. The van der Waals surface area contributed by atoms with Crippen molar-refractivity contribution in [3.05, 3.63) is 78.0 Å². The number of epoxide rings is 1. The zero-order chi connectivity index (χ0) is 22.5. The number of carbonyl (C=O) groups excluding carboxylic acids is 3. The van der Waals surface area contributed by atoms with E-state index in [1.165, 1.54) is 0 Å². The zero-order valence-corrected chi connectivity index (χ0v) is 17.4. The summed E-state index contributed by atoms with van der Waals surface area (Å²) >= 11 is 0. The number of benzene rings is 2. The molecule has 8 heteroatoms. The number of nitrogens with zero attached hydrogens (tertiary/aromatic N) is 1. The molecule has 0 radical (unpaired) electrons. The van der Waals surface area contributed by atoms with E-state index in [2.05, 4.69) is 15.6 Å². The number of ether oxygens (including phenoxy) is 1. The van der Waals surface area contributed by atoms with Crippen LogP contribution in [0.1, 0.15) is 22.5 Å². The van der Waals surface area contributed by atoms with Gasteiger partial charge in [-0.2, -0.15) is 0 Å². The molecule has 1 unspecified atom stereocenters. The van der Waals surface area contributed by atoms with Crippen molar-refractivity contribution >= 4 is 28.6 Å². The SMILES string of the molecule is NC(=O)C[C@H](NC(=O)c1ccc2ccccc2n1)C(=O)NC(Cc1ccccc1)[C@@H]1CO1. The van der Waals surface area contributed by atoms with Crippen LogP contribution in [0.4, 0.5) is 0 Å². The molecule has 4 rings (SSSR count). The molecule has 1 aromatic heterocycles. The summed E-state index contributed by atoms with van der Waals surface area (Å²) in [4.78, 5) is 41.7. The minimum Gasteiger partial charge on any atom is -0.371 e. The number of pyridine rings is 1. The van der Waals surface area contributed by atoms with Gasteiger partial charge in [-0.1, -0.05) is 54.6 Å². The highest BCUT2D eigenvalue weighted by molar-refractivity contribution is 5.99. The number of carbonyl (C=O) groups is 3. The molecule has 1 aliphatic heterocycles. The fraction of sp³-hybridized carbons (Fsp3) is 0.250. The van der Waals surface area contributed by atoms with E-state index in [-0.39, 0.29) is 24.3 Å². The number of nitrogens with two attached hydrogens (primary N) is 1. The lowest BCUT2D eigenvalue weighted by atomic mass is 10.0. The molecule has 0 spiro atoms. The molecule has 0 aliphatic carbocycles. The number of primary amides is 1. The topological polar surface area (TPSA) is 127 Å². The summed E-state index contributed by atoms with van der Waals surface area (Å²) in [6.07, 6.45) is 0.140. The Morgan fingerprint density at radius 1 is 1.00 bits per heavy atom. The van der Waals surface area contributed by atoms with Crippen LogP contribution in [-0.4, -0.2) is 47.5 Å². The first kappa shape index (κ1) is 21.5. The maximum atomic E-state index is 13.0. The Bertz CT molecular complexity index is 1130. The third kappa shape index (κ3) is 5.47. The van der Waals surface area contributed by atoms with E-state index in [1.807, 2.05) is 48.5 Å². The normalized spacial score (nSPS) is 16.7. The monoisotopic (exact) mass is 432 g/mol. The number of fused-ring (bicyclic) bond motifs is 1. The van der Waals surface area contributed by atoms with Crippen molar-refractivity contribution in [1.29, 1.82) is 0 Å². The van der Waals surface area contributed by atoms with Gasteiger partial charge in [-0.25, -0.2) is 4.98 Å². The summed E-state index contributed by atoms with van der Waals surface area (Å²) < 4.78 is 5.39. The summed E-state index contributed by atoms with van der Waals surface area (Å²) in [5.41, 5.74) is 7.19. The van der Waals surface area contributed by atoms with Gasteiger partial charge in [-0.05, 0) is 24.1 Å². The molecule has 2 aromatic carbocycles. The van der Waals surface area contributed by atoms with E-state index in [1.54, 1.807) is 18.2 Å². The maximum Gasteiger partial charge on any atom is 0.270 e. The Hall–Kier alpha value is -3.78. The van der Waals surface area contributed by atoms with Gasteiger partial charge in [0.15, 0.2) is 0 Å². The molecule has 0 bridgehead atoms. The Morgan fingerprint density at radius 2 is 1.72 bits per heavy atom. The number of aromatic nitrogens is 1. The smallest absolute Gasteiger partial charge is 0.270 e. The largest absolute Gasteiger partial charge is 0.371 e. The van der Waals surface area contributed by atoms with Crippen LogP contribution < -0.4 is 16.4 Å². The number of hydrogen-bond donors (Lipinski definition) is 3.